The van der Waals surface area contributed by atoms with Crippen molar-refractivity contribution in [3.63, 3.8) is 0 Å². The van der Waals surface area contributed by atoms with Crippen molar-refractivity contribution in [3.8, 4) is 0 Å². The molecule has 4 rings (SSSR count). The van der Waals surface area contributed by atoms with E-state index in [0.717, 1.165) is 35.9 Å². The lowest BCUT2D eigenvalue weighted by molar-refractivity contribution is -0.134. The number of aromatic nitrogens is 2. The van der Waals surface area contributed by atoms with Gasteiger partial charge in [-0.2, -0.15) is 0 Å². The van der Waals surface area contributed by atoms with Crippen molar-refractivity contribution in [2.45, 2.75) is 14.4 Å². The van der Waals surface area contributed by atoms with E-state index in [9.17, 15) is 9.59 Å². The minimum absolute atomic E-state index is 0. The second-order valence-electron chi connectivity index (χ2n) is 6.72. The Balaban J connectivity index is 0.000000307. The molecule has 0 atom stereocenters. The first-order chi connectivity index (χ1) is 16.6. The zero-order chi connectivity index (χ0) is 26.1. The lowest BCUT2D eigenvalue weighted by atomic mass is 10.1. The van der Waals surface area contributed by atoms with Crippen LogP contribution in [0.5, 0.6) is 0 Å². The molecule has 8 nitrogen and oxygen atoms in total. The molecule has 2 heterocycles. The van der Waals surface area contributed by atoms with Crippen LogP contribution in [0, 0.1) is 7.14 Å². The van der Waals surface area contributed by atoms with Gasteiger partial charge in [-0.05, 0) is 81.6 Å². The number of nitrogens with zero attached hydrogens (tertiary/aromatic N) is 2. The first-order valence-corrected chi connectivity index (χ1v) is 12.3. The Bertz CT molecular complexity index is 1390. The summed E-state index contributed by atoms with van der Waals surface area (Å²) in [7, 11) is 2.73. The zero-order valence-corrected chi connectivity index (χ0v) is 23.8. The molecular weight excluding hydrogens is 714 g/mol. The minimum atomic E-state index is -0.833. The maximum atomic E-state index is 11.4. The van der Waals surface area contributed by atoms with Crippen LogP contribution < -0.4 is 0 Å². The highest BCUT2D eigenvalue weighted by molar-refractivity contribution is 14.1. The van der Waals surface area contributed by atoms with Gasteiger partial charge in [0, 0.05) is 37.2 Å². The molecule has 0 amide bonds. The van der Waals surface area contributed by atoms with Crippen LogP contribution in [0.15, 0.2) is 54.9 Å². The van der Waals surface area contributed by atoms with E-state index in [1.807, 2.05) is 12.1 Å². The van der Waals surface area contributed by atoms with Crippen LogP contribution in [0.3, 0.4) is 0 Å². The predicted octanol–water partition coefficient (Wildman–Crippen LogP) is 6.63. The number of benzene rings is 2. The highest BCUT2D eigenvalue weighted by Gasteiger charge is 2.11. The van der Waals surface area contributed by atoms with Crippen molar-refractivity contribution in [2.24, 2.45) is 0 Å². The quantitative estimate of drug-likeness (QED) is 0.180. The fourth-order valence-electron chi connectivity index (χ4n) is 2.80. The fraction of sp³-hybridized carbons (Fsp3) is 0.160. The summed E-state index contributed by atoms with van der Waals surface area (Å²) in [6, 6.07) is 12.6. The third-order valence-electron chi connectivity index (χ3n) is 4.20. The molecule has 0 spiro atoms. The number of fused-ring (bicyclic) bond motifs is 2. The summed E-state index contributed by atoms with van der Waals surface area (Å²) in [4.78, 5) is 40.2. The van der Waals surface area contributed by atoms with Crippen molar-refractivity contribution in [3.05, 3.63) is 78.1 Å². The largest absolute Gasteiger partial charge is 0.481 e. The summed E-state index contributed by atoms with van der Waals surface area (Å²) >= 11 is 10.2. The number of aliphatic carboxylic acids is 1. The molecule has 4 aromatic rings. The van der Waals surface area contributed by atoms with E-state index in [2.05, 4.69) is 64.6 Å². The summed E-state index contributed by atoms with van der Waals surface area (Å²) < 4.78 is 11.2. The summed E-state index contributed by atoms with van der Waals surface area (Å²) in [5.74, 6) is -1.52. The third kappa shape index (κ3) is 8.82. The average molecular weight is 737 g/mol. The normalized spacial score (nSPS) is 9.61. The Labute approximate surface area is 240 Å². The monoisotopic (exact) mass is 736 g/mol. The van der Waals surface area contributed by atoms with Crippen LogP contribution in [-0.4, -0.2) is 47.2 Å². The van der Waals surface area contributed by atoms with Crippen LogP contribution in [0.4, 0.5) is 0 Å². The minimum Gasteiger partial charge on any atom is -0.481 e. The second-order valence-corrected chi connectivity index (χ2v) is 9.48. The van der Waals surface area contributed by atoms with Gasteiger partial charge in [0.05, 0.1) is 41.4 Å². The van der Waals surface area contributed by atoms with E-state index in [1.165, 1.54) is 14.2 Å². The van der Waals surface area contributed by atoms with Gasteiger partial charge in [-0.15, -0.1) is 0 Å². The number of carboxylic acid groups (broad SMARTS) is 1. The van der Waals surface area contributed by atoms with Crippen molar-refractivity contribution >= 4 is 96.5 Å². The topological polar surface area (TPSA) is 116 Å². The Morgan fingerprint density at radius 2 is 1.33 bits per heavy atom. The second kappa shape index (κ2) is 14.9. The first-order valence-electron chi connectivity index (χ1n) is 9.72. The third-order valence-corrected chi connectivity index (χ3v) is 6.06. The van der Waals surface area contributed by atoms with Crippen LogP contribution in [0.25, 0.3) is 21.8 Å². The van der Waals surface area contributed by atoms with Gasteiger partial charge < -0.3 is 14.6 Å². The van der Waals surface area contributed by atoms with Gasteiger partial charge in [0.25, 0.3) is 5.97 Å². The molecule has 2 aromatic heterocycles. The molecule has 190 valence electrons. The number of ether oxygens (including phenoxy) is 2. The van der Waals surface area contributed by atoms with Gasteiger partial charge in [0.1, 0.15) is 0 Å². The maximum absolute atomic E-state index is 11.4. The van der Waals surface area contributed by atoms with E-state index < -0.39 is 5.97 Å². The fourth-order valence-corrected chi connectivity index (χ4v) is 4.54. The van der Waals surface area contributed by atoms with Gasteiger partial charge in [-0.25, -0.2) is 9.59 Å². The molecule has 2 aromatic carbocycles. The van der Waals surface area contributed by atoms with E-state index in [4.69, 9.17) is 21.5 Å². The van der Waals surface area contributed by atoms with Crippen molar-refractivity contribution < 1.29 is 29.0 Å². The molecule has 11 heteroatoms. The number of carboxylic acids is 1. The number of methoxy groups -OCH3 is 2. The molecule has 1 N–H and O–H groups in total. The van der Waals surface area contributed by atoms with Crippen LogP contribution in [-0.2, 0) is 14.3 Å². The first kappa shape index (κ1) is 31.4. The van der Waals surface area contributed by atoms with Gasteiger partial charge in [0.15, 0.2) is 0 Å². The standard InChI is InChI=1S/C11H7ClINO2.C11H8INO2.C2H4O2.CH4/c1-16-11(15)7-2-6-3-8(12)5-14-10(6)9(13)4-7;1-15-11(14)8-5-7-3-2-4-13-10(7)9(12)6-8;1-2(3)4;/h2-5H,1H3;2-6H,1H3;1H3,(H,3,4);1H4. The van der Waals surface area contributed by atoms with E-state index in [1.54, 1.807) is 42.7 Å². The lowest BCUT2D eigenvalue weighted by Gasteiger charge is -2.04. The molecule has 36 heavy (non-hydrogen) atoms. The summed E-state index contributed by atoms with van der Waals surface area (Å²) in [6.07, 6.45) is 3.33. The van der Waals surface area contributed by atoms with Crippen LogP contribution in [0.1, 0.15) is 35.1 Å². The number of rotatable bonds is 2. The van der Waals surface area contributed by atoms with E-state index >= 15 is 0 Å². The van der Waals surface area contributed by atoms with Crippen molar-refractivity contribution in [1.29, 1.82) is 0 Å². The molecule has 0 saturated heterocycles. The van der Waals surface area contributed by atoms with Crippen molar-refractivity contribution in [2.75, 3.05) is 14.2 Å². The van der Waals surface area contributed by atoms with Gasteiger partial charge in [-0.3, -0.25) is 14.8 Å². The number of pyridine rings is 2. The molecule has 0 saturated carbocycles. The predicted molar refractivity (Wildman–Crippen MR) is 157 cm³/mol. The Morgan fingerprint density at radius 1 is 0.861 bits per heavy atom. The number of esters is 2. The molecule has 0 radical (unpaired) electrons. The molecular formula is C25H23ClI2N2O6. The van der Waals surface area contributed by atoms with Crippen LogP contribution in [0.2, 0.25) is 5.02 Å². The smallest absolute Gasteiger partial charge is 0.337 e. The summed E-state index contributed by atoms with van der Waals surface area (Å²) in [5, 5.41) is 9.75. The Kier molecular flexibility index (Phi) is 13.0. The summed E-state index contributed by atoms with van der Waals surface area (Å²) in [6.45, 7) is 1.08. The molecule has 0 aliphatic rings. The number of carbonyl (C=O) groups is 3. The number of hydrogen-bond donors (Lipinski definition) is 1. The van der Waals surface area contributed by atoms with Crippen LogP contribution >= 0.6 is 56.8 Å². The number of hydrogen-bond acceptors (Lipinski definition) is 7. The van der Waals surface area contributed by atoms with Gasteiger partial charge in [0.2, 0.25) is 0 Å². The highest BCUT2D eigenvalue weighted by Crippen LogP contribution is 2.24. The molecule has 0 fully saturated rings. The zero-order valence-electron chi connectivity index (χ0n) is 18.7. The number of halogens is 3. The van der Waals surface area contributed by atoms with E-state index in [-0.39, 0.29) is 19.4 Å². The van der Waals surface area contributed by atoms with Gasteiger partial charge in [-0.1, -0.05) is 25.1 Å². The summed E-state index contributed by atoms with van der Waals surface area (Å²) in [5.41, 5.74) is 2.80. The Morgan fingerprint density at radius 3 is 1.83 bits per heavy atom. The van der Waals surface area contributed by atoms with E-state index in [0.29, 0.717) is 16.1 Å². The SMILES string of the molecule is C.CC(=O)O.COC(=O)c1cc(I)c2ncc(Cl)cc2c1.COC(=O)c1cc(I)c2ncccc2c1. The number of carbonyl (C=O) groups excluding carboxylic acids is 2. The molecule has 0 bridgehead atoms. The Hall–Kier alpha value is -2.58. The molecule has 0 aliphatic heterocycles. The molecule has 0 unspecified atom stereocenters. The lowest BCUT2D eigenvalue weighted by Crippen LogP contribution is -2.01. The van der Waals surface area contributed by atoms with Crippen molar-refractivity contribution in [1.82, 2.24) is 9.97 Å². The maximum Gasteiger partial charge on any atom is 0.337 e. The van der Waals surface area contributed by atoms with Gasteiger partial charge >= 0.3 is 11.9 Å². The molecule has 0 aliphatic carbocycles. The average Bonchev–Trinajstić information content (AvgIpc) is 2.82. The highest BCUT2D eigenvalue weighted by atomic mass is 127.